The molecule has 156 valence electrons. The number of benzene rings is 1. The number of nitrogens with zero attached hydrogens (tertiary/aromatic N) is 3. The second-order valence-corrected chi connectivity index (χ2v) is 7.29. The summed E-state index contributed by atoms with van der Waals surface area (Å²) < 4.78 is 5.01. The number of carbonyl (C=O) groups excluding carboxylic acids is 2. The maximum atomic E-state index is 12.0. The molecule has 1 heterocycles. The van der Waals surface area contributed by atoms with E-state index < -0.39 is 5.91 Å². The average molecular weight is 420 g/mol. The summed E-state index contributed by atoms with van der Waals surface area (Å²) in [7, 11) is 1.45. The van der Waals surface area contributed by atoms with Gasteiger partial charge in [-0.15, -0.1) is 10.2 Å². The van der Waals surface area contributed by atoms with Crippen molar-refractivity contribution in [2.75, 3.05) is 12.4 Å². The zero-order valence-corrected chi connectivity index (χ0v) is 17.3. The van der Waals surface area contributed by atoms with Gasteiger partial charge in [-0.3, -0.25) is 9.59 Å². The van der Waals surface area contributed by atoms with Crippen LogP contribution in [-0.4, -0.2) is 40.4 Å². The van der Waals surface area contributed by atoms with E-state index in [2.05, 4.69) is 33.0 Å². The molecule has 29 heavy (non-hydrogen) atoms. The second-order valence-electron chi connectivity index (χ2n) is 6.23. The summed E-state index contributed by atoms with van der Waals surface area (Å²) in [5.41, 5.74) is 2.77. The number of rotatable bonds is 11. The molecule has 3 N–H and O–H groups in total. The van der Waals surface area contributed by atoms with Crippen LogP contribution in [0.2, 0.25) is 0 Å². The van der Waals surface area contributed by atoms with Crippen molar-refractivity contribution in [3.8, 4) is 11.5 Å². The Labute approximate surface area is 173 Å². The molecule has 0 aliphatic carbocycles. The Kier molecular flexibility index (Phi) is 9.03. The topological polar surface area (TPSA) is 126 Å². The second kappa shape index (κ2) is 11.7. The third-order valence-corrected chi connectivity index (χ3v) is 4.76. The molecule has 0 saturated heterocycles. The van der Waals surface area contributed by atoms with Crippen molar-refractivity contribution in [2.45, 2.75) is 45.4 Å². The van der Waals surface area contributed by atoms with Gasteiger partial charge in [0.05, 0.1) is 19.7 Å². The quantitative estimate of drug-likeness (QED) is 0.292. The summed E-state index contributed by atoms with van der Waals surface area (Å²) in [6.45, 7) is 2.12. The number of aromatic hydroxyl groups is 1. The lowest BCUT2D eigenvalue weighted by molar-refractivity contribution is -0.120. The molecule has 0 saturated carbocycles. The van der Waals surface area contributed by atoms with E-state index in [0.29, 0.717) is 27.9 Å². The molecule has 0 fully saturated rings. The van der Waals surface area contributed by atoms with E-state index in [9.17, 15) is 14.7 Å². The molecule has 0 bridgehead atoms. The third kappa shape index (κ3) is 7.49. The smallest absolute Gasteiger partial charge is 0.247 e. The molecule has 0 atom stereocenters. The molecule has 0 spiro atoms. The minimum absolute atomic E-state index is 0.0224. The van der Waals surface area contributed by atoms with E-state index in [4.69, 9.17) is 4.74 Å². The number of unbranched alkanes of at least 4 members (excludes halogenated alkanes) is 3. The lowest BCUT2D eigenvalue weighted by Gasteiger charge is -2.04. The van der Waals surface area contributed by atoms with Gasteiger partial charge >= 0.3 is 0 Å². The van der Waals surface area contributed by atoms with Crippen molar-refractivity contribution in [1.29, 1.82) is 0 Å². The van der Waals surface area contributed by atoms with Gasteiger partial charge in [0.15, 0.2) is 11.5 Å². The van der Waals surface area contributed by atoms with Crippen molar-refractivity contribution < 1.29 is 19.4 Å². The number of phenols is 1. The number of hydrogen-bond acceptors (Lipinski definition) is 8. The summed E-state index contributed by atoms with van der Waals surface area (Å²) >= 11 is 1.15. The van der Waals surface area contributed by atoms with E-state index in [-0.39, 0.29) is 18.1 Å². The van der Waals surface area contributed by atoms with Gasteiger partial charge < -0.3 is 15.2 Å². The highest BCUT2D eigenvalue weighted by Crippen LogP contribution is 2.27. The average Bonchev–Trinajstić information content (AvgIpc) is 3.13. The zero-order valence-electron chi connectivity index (χ0n) is 16.5. The van der Waals surface area contributed by atoms with Gasteiger partial charge in [-0.05, 0) is 18.6 Å². The van der Waals surface area contributed by atoms with Gasteiger partial charge in [0.25, 0.3) is 0 Å². The van der Waals surface area contributed by atoms with Crippen LogP contribution in [0.1, 0.15) is 49.6 Å². The SMILES string of the molecule is CCCCCCC(=O)Nc1nnc(CC(=O)NN=Cc2cccc(OC)c2O)s1. The number of methoxy groups -OCH3 is 1. The van der Waals surface area contributed by atoms with Crippen molar-refractivity contribution in [3.05, 3.63) is 28.8 Å². The fourth-order valence-electron chi connectivity index (χ4n) is 2.43. The predicted octanol–water partition coefficient (Wildman–Crippen LogP) is 2.85. The van der Waals surface area contributed by atoms with Gasteiger partial charge in [-0.1, -0.05) is 43.6 Å². The lowest BCUT2D eigenvalue weighted by Crippen LogP contribution is -2.19. The van der Waals surface area contributed by atoms with Crippen LogP contribution in [0, 0.1) is 0 Å². The summed E-state index contributed by atoms with van der Waals surface area (Å²) in [6, 6.07) is 4.94. The van der Waals surface area contributed by atoms with Gasteiger partial charge in [0, 0.05) is 12.0 Å². The Morgan fingerprint density at radius 2 is 2.07 bits per heavy atom. The molecule has 9 nitrogen and oxygen atoms in total. The number of anilines is 1. The van der Waals surface area contributed by atoms with Crippen LogP contribution < -0.4 is 15.5 Å². The molecule has 0 unspecified atom stereocenters. The highest BCUT2D eigenvalue weighted by Gasteiger charge is 2.11. The highest BCUT2D eigenvalue weighted by molar-refractivity contribution is 7.15. The maximum Gasteiger partial charge on any atom is 0.247 e. The monoisotopic (exact) mass is 419 g/mol. The lowest BCUT2D eigenvalue weighted by atomic mass is 10.1. The molecule has 0 aliphatic heterocycles. The first kappa shape index (κ1) is 22.3. The molecular weight excluding hydrogens is 394 g/mol. The minimum atomic E-state index is -0.391. The Hall–Kier alpha value is -3.01. The van der Waals surface area contributed by atoms with Gasteiger partial charge in [-0.25, -0.2) is 5.43 Å². The summed E-state index contributed by atoms with van der Waals surface area (Å²) in [5.74, 6) is -0.241. The van der Waals surface area contributed by atoms with Crippen LogP contribution in [0.5, 0.6) is 11.5 Å². The third-order valence-electron chi connectivity index (χ3n) is 3.93. The van der Waals surface area contributed by atoms with Crippen LogP contribution in [0.4, 0.5) is 5.13 Å². The first-order chi connectivity index (χ1) is 14.0. The largest absolute Gasteiger partial charge is 0.504 e. The van der Waals surface area contributed by atoms with Crippen molar-refractivity contribution >= 4 is 34.5 Å². The fourth-order valence-corrected chi connectivity index (χ4v) is 3.18. The number of nitrogens with one attached hydrogen (secondary N) is 2. The minimum Gasteiger partial charge on any atom is -0.504 e. The summed E-state index contributed by atoms with van der Waals surface area (Å²) in [6.07, 6.45) is 5.85. The molecule has 2 aromatic rings. The molecule has 0 radical (unpaired) electrons. The van der Waals surface area contributed by atoms with Gasteiger partial charge in [0.2, 0.25) is 16.9 Å². The molecule has 10 heteroatoms. The van der Waals surface area contributed by atoms with E-state index >= 15 is 0 Å². The van der Waals surface area contributed by atoms with Crippen LogP contribution in [0.25, 0.3) is 0 Å². The molecule has 2 rings (SSSR count). The molecular formula is C19H25N5O4S. The van der Waals surface area contributed by atoms with Crippen molar-refractivity contribution in [3.63, 3.8) is 0 Å². The number of hydrazone groups is 1. The zero-order chi connectivity index (χ0) is 21.1. The fraction of sp³-hybridized carbons (Fsp3) is 0.421. The standard InChI is InChI=1S/C19H25N5O4S/c1-3-4-5-6-10-15(25)21-19-24-23-17(29-19)11-16(26)22-20-12-13-8-7-9-14(28-2)18(13)27/h7-9,12,27H,3-6,10-11H2,1-2H3,(H,22,26)(H,21,24,25). The van der Waals surface area contributed by atoms with Crippen LogP contribution in [0.3, 0.4) is 0 Å². The van der Waals surface area contributed by atoms with E-state index in [0.717, 1.165) is 37.0 Å². The Balaban J connectivity index is 1.79. The van der Waals surface area contributed by atoms with E-state index in [1.54, 1.807) is 18.2 Å². The van der Waals surface area contributed by atoms with Crippen molar-refractivity contribution in [1.82, 2.24) is 15.6 Å². The summed E-state index contributed by atoms with van der Waals surface area (Å²) in [4.78, 5) is 23.8. The van der Waals surface area contributed by atoms with E-state index in [1.165, 1.54) is 13.3 Å². The molecule has 1 aromatic carbocycles. The highest BCUT2D eigenvalue weighted by atomic mass is 32.1. The van der Waals surface area contributed by atoms with Gasteiger partial charge in [0.1, 0.15) is 5.01 Å². The first-order valence-electron chi connectivity index (χ1n) is 9.33. The maximum absolute atomic E-state index is 12.0. The first-order valence-corrected chi connectivity index (χ1v) is 10.1. The van der Waals surface area contributed by atoms with Gasteiger partial charge in [-0.2, -0.15) is 5.10 Å². The number of ether oxygens (including phenoxy) is 1. The Bertz CT molecular complexity index is 853. The van der Waals surface area contributed by atoms with E-state index in [1.807, 2.05) is 0 Å². The Morgan fingerprint density at radius 3 is 2.83 bits per heavy atom. The molecule has 0 aliphatic rings. The predicted molar refractivity (Wildman–Crippen MR) is 111 cm³/mol. The van der Waals surface area contributed by atoms with Crippen LogP contribution in [-0.2, 0) is 16.0 Å². The molecule has 1 aromatic heterocycles. The van der Waals surface area contributed by atoms with Crippen LogP contribution in [0.15, 0.2) is 23.3 Å². The number of hydrogen-bond donors (Lipinski definition) is 3. The Morgan fingerprint density at radius 1 is 1.24 bits per heavy atom. The van der Waals surface area contributed by atoms with Crippen molar-refractivity contribution in [2.24, 2.45) is 5.10 Å². The number of carbonyl (C=O) groups is 2. The summed E-state index contributed by atoms with van der Waals surface area (Å²) in [5, 5.41) is 25.1. The molecule has 2 amide bonds. The number of para-hydroxylation sites is 1. The normalized spacial score (nSPS) is 10.8. The number of amides is 2. The number of phenolic OH excluding ortho intramolecular Hbond substituents is 1. The number of aromatic nitrogens is 2. The van der Waals surface area contributed by atoms with Crippen LogP contribution >= 0.6 is 11.3 Å².